The number of ether oxygens (including phenoxy) is 3. The molecule has 274 valence electrons. The largest absolute Gasteiger partial charge is 0.456 e. The van der Waals surface area contributed by atoms with Gasteiger partial charge in [0.15, 0.2) is 0 Å². The molecule has 0 saturated carbocycles. The smallest absolute Gasteiger partial charge is 0.412 e. The van der Waals surface area contributed by atoms with Crippen LogP contribution >= 0.6 is 0 Å². The first kappa shape index (κ1) is 42.2. The van der Waals surface area contributed by atoms with E-state index in [9.17, 15) is 9.59 Å². The fourth-order valence-corrected chi connectivity index (χ4v) is 12.7. The van der Waals surface area contributed by atoms with Crippen molar-refractivity contribution in [3.05, 3.63) is 83.6 Å². The molecule has 2 rings (SSSR count). The summed E-state index contributed by atoms with van der Waals surface area (Å²) in [5.41, 5.74) is 2.75. The molecule has 2 aromatic carbocycles. The summed E-state index contributed by atoms with van der Waals surface area (Å²) < 4.78 is 25.1. The van der Waals surface area contributed by atoms with Gasteiger partial charge < -0.3 is 18.6 Å². The second-order valence-corrected chi connectivity index (χ2v) is 20.6. The monoisotopic (exact) mass is 695 g/mol. The topological polar surface area (TPSA) is 83.1 Å². The van der Waals surface area contributed by atoms with E-state index in [2.05, 4.69) is 72.8 Å². The summed E-state index contributed by atoms with van der Waals surface area (Å²) in [4.78, 5) is 25.9. The van der Waals surface area contributed by atoms with Crippen molar-refractivity contribution in [1.82, 2.24) is 5.32 Å². The van der Waals surface area contributed by atoms with Crippen LogP contribution in [0.2, 0.25) is 16.6 Å². The zero-order valence-corrected chi connectivity index (χ0v) is 33.2. The third-order valence-electron chi connectivity index (χ3n) is 9.19. The molecule has 0 spiro atoms. The second kappa shape index (κ2) is 20.7. The molecule has 8 heteroatoms. The molecule has 0 heterocycles. The Bertz CT molecular complexity index is 1250. The van der Waals surface area contributed by atoms with Crippen LogP contribution in [0.3, 0.4) is 0 Å². The fraction of sp³-hybridized carbons (Fsp3) is 0.610. The maximum absolute atomic E-state index is 13.2. The Balaban J connectivity index is 2.31. The lowest BCUT2D eigenvalue weighted by atomic mass is 9.89. The van der Waals surface area contributed by atoms with Gasteiger partial charge in [-0.3, -0.25) is 5.32 Å². The van der Waals surface area contributed by atoms with Gasteiger partial charge in [0.05, 0.1) is 18.8 Å². The Hall–Kier alpha value is -2.94. The number of allylic oxidation sites excluding steroid dienone is 1. The lowest BCUT2D eigenvalue weighted by Gasteiger charge is -2.47. The van der Waals surface area contributed by atoms with Gasteiger partial charge in [0.25, 0.3) is 0 Å². The maximum Gasteiger partial charge on any atom is 0.412 e. The predicted molar refractivity (Wildman–Crippen MR) is 203 cm³/mol. The fourth-order valence-electron chi connectivity index (χ4n) is 6.99. The molecule has 1 amide bonds. The number of nitrogens with one attached hydrogen (secondary N) is 1. The molecule has 0 bridgehead atoms. The summed E-state index contributed by atoms with van der Waals surface area (Å²) in [7, 11) is -2.22. The van der Waals surface area contributed by atoms with Gasteiger partial charge in [0, 0.05) is 0 Å². The average Bonchev–Trinajstić information content (AvgIpc) is 3.03. The number of amides is 1. The number of benzene rings is 2. The molecule has 3 atom stereocenters. The van der Waals surface area contributed by atoms with Crippen molar-refractivity contribution in [2.45, 2.75) is 156 Å². The van der Waals surface area contributed by atoms with Gasteiger partial charge in [-0.25, -0.2) is 9.59 Å². The third kappa shape index (κ3) is 14.1. The Morgan fingerprint density at radius 1 is 0.796 bits per heavy atom. The van der Waals surface area contributed by atoms with Gasteiger partial charge in [-0.2, -0.15) is 0 Å². The molecule has 0 aliphatic heterocycles. The van der Waals surface area contributed by atoms with Gasteiger partial charge in [0.2, 0.25) is 8.32 Å². The number of rotatable bonds is 20. The molecule has 49 heavy (non-hydrogen) atoms. The number of carbonyl (C=O) groups excluding carboxylic acids is 2. The minimum Gasteiger partial charge on any atom is -0.456 e. The van der Waals surface area contributed by atoms with Gasteiger partial charge >= 0.3 is 12.1 Å². The van der Waals surface area contributed by atoms with Crippen LogP contribution in [0.15, 0.2) is 72.4 Å². The van der Waals surface area contributed by atoms with Gasteiger partial charge in [-0.15, -0.1) is 0 Å². The summed E-state index contributed by atoms with van der Waals surface area (Å²) in [5, 5.41) is 2.65. The maximum atomic E-state index is 13.2. The van der Waals surface area contributed by atoms with E-state index in [0.717, 1.165) is 36.8 Å². The summed E-state index contributed by atoms with van der Waals surface area (Å²) in [6.07, 6.45) is 5.23. The Labute approximate surface area is 298 Å². The number of hydrogen-bond acceptors (Lipinski definition) is 6. The second-order valence-electron chi connectivity index (χ2n) is 15.2. The van der Waals surface area contributed by atoms with Crippen LogP contribution < -0.4 is 5.32 Å². The highest BCUT2D eigenvalue weighted by Crippen LogP contribution is 2.45. The summed E-state index contributed by atoms with van der Waals surface area (Å²) in [6, 6.07) is 19.8. The third-order valence-corrected chi connectivity index (χ3v) is 15.3. The molecule has 1 N–H and O–H groups in total. The van der Waals surface area contributed by atoms with Crippen molar-refractivity contribution < 1.29 is 28.2 Å². The van der Waals surface area contributed by atoms with Crippen LogP contribution in [0.4, 0.5) is 4.79 Å². The predicted octanol–water partition coefficient (Wildman–Crippen LogP) is 10.9. The van der Waals surface area contributed by atoms with Crippen molar-refractivity contribution in [1.29, 1.82) is 0 Å². The Morgan fingerprint density at radius 3 is 1.82 bits per heavy atom. The first-order valence-electron chi connectivity index (χ1n) is 18.3. The minimum atomic E-state index is -2.22. The standard InChI is InChI=1S/C41H65NO6Si/c1-12-21-36(38(33(8)45-28-34-22-15-13-16-23-34)48-49(30(2)3,31(4)5)32(6)7)26-19-20-27-37(42-40(44)47-41(9,10)11)39(43)46-29-35-24-17-14-18-25-35/h13-18,22-25,27,30-33,36,38H,12,19-21,26,28-29H2,1-11H3,(H,42,44)/b37-27-/t33-,36-,38-/m0/s1. The Morgan fingerprint density at radius 2 is 1.33 bits per heavy atom. The molecule has 0 aliphatic carbocycles. The first-order valence-corrected chi connectivity index (χ1v) is 20.5. The first-order chi connectivity index (χ1) is 23.1. The summed E-state index contributed by atoms with van der Waals surface area (Å²) >= 11 is 0. The molecule has 0 fully saturated rings. The molecule has 7 nitrogen and oxygen atoms in total. The SMILES string of the molecule is CCC[C@@H](CCC/C=C(\NC(=O)OC(C)(C)C)C(=O)OCc1ccccc1)[C@@H](O[Si](C(C)C)(C(C)C)C(C)C)[C@H](C)OCc1ccccc1. The number of alkyl carbamates (subject to hydrolysis) is 1. The lowest BCUT2D eigenvalue weighted by Crippen LogP contribution is -2.54. The summed E-state index contributed by atoms with van der Waals surface area (Å²) in [5.74, 6) is -0.329. The Kier molecular flexibility index (Phi) is 17.8. The molecule has 0 aromatic heterocycles. The van der Waals surface area contributed by atoms with Crippen LogP contribution in [0.1, 0.15) is 119 Å². The normalized spacial score (nSPS) is 14.5. The zero-order chi connectivity index (χ0) is 36.6. The van der Waals surface area contributed by atoms with Crippen molar-refractivity contribution in [3.8, 4) is 0 Å². The van der Waals surface area contributed by atoms with E-state index >= 15 is 0 Å². The molecule has 0 unspecified atom stereocenters. The molecule has 0 saturated heterocycles. The van der Waals surface area contributed by atoms with E-state index in [1.165, 1.54) is 0 Å². The van der Waals surface area contributed by atoms with Crippen LogP contribution in [0.25, 0.3) is 0 Å². The summed E-state index contributed by atoms with van der Waals surface area (Å²) in [6.45, 7) is 24.4. The van der Waals surface area contributed by atoms with Crippen LogP contribution in [-0.2, 0) is 36.6 Å². The van der Waals surface area contributed by atoms with Crippen molar-refractivity contribution in [3.63, 3.8) is 0 Å². The molecule has 0 radical (unpaired) electrons. The van der Waals surface area contributed by atoms with Crippen molar-refractivity contribution >= 4 is 20.4 Å². The molecular weight excluding hydrogens is 631 g/mol. The lowest BCUT2D eigenvalue weighted by molar-refractivity contribution is -0.140. The minimum absolute atomic E-state index is 0.0679. The molecular formula is C41H65NO6Si. The van der Waals surface area contributed by atoms with Crippen molar-refractivity contribution in [2.75, 3.05) is 0 Å². The number of esters is 1. The van der Waals surface area contributed by atoms with Crippen LogP contribution in [0, 0.1) is 5.92 Å². The molecule has 2 aromatic rings. The number of carbonyl (C=O) groups is 2. The average molecular weight is 696 g/mol. The van der Waals surface area contributed by atoms with Crippen LogP contribution in [0.5, 0.6) is 0 Å². The van der Waals surface area contributed by atoms with E-state index in [0.29, 0.717) is 29.7 Å². The van der Waals surface area contributed by atoms with Gasteiger partial charge in [-0.05, 0) is 87.0 Å². The highest BCUT2D eigenvalue weighted by Gasteiger charge is 2.48. The van der Waals surface area contributed by atoms with E-state index in [4.69, 9.17) is 18.6 Å². The van der Waals surface area contributed by atoms with Crippen molar-refractivity contribution in [2.24, 2.45) is 5.92 Å². The van der Waals surface area contributed by atoms with E-state index in [1.807, 2.05) is 48.5 Å². The van der Waals surface area contributed by atoms with E-state index in [-0.39, 0.29) is 30.4 Å². The van der Waals surface area contributed by atoms with E-state index < -0.39 is 26.0 Å². The zero-order valence-electron chi connectivity index (χ0n) is 32.2. The quantitative estimate of drug-likeness (QED) is 0.0642. The number of unbranched alkanes of at least 4 members (excludes halogenated alkanes) is 1. The van der Waals surface area contributed by atoms with Gasteiger partial charge in [0.1, 0.15) is 17.9 Å². The molecule has 0 aliphatic rings. The van der Waals surface area contributed by atoms with E-state index in [1.54, 1.807) is 26.8 Å². The van der Waals surface area contributed by atoms with Gasteiger partial charge in [-0.1, -0.05) is 122 Å². The van der Waals surface area contributed by atoms with Crippen LogP contribution in [-0.4, -0.2) is 38.2 Å². The number of hydrogen-bond donors (Lipinski definition) is 1. The highest BCUT2D eigenvalue weighted by molar-refractivity contribution is 6.77. The highest BCUT2D eigenvalue weighted by atomic mass is 28.4.